The second-order valence-corrected chi connectivity index (χ2v) is 12.5. The molecule has 2 aliphatic carbocycles. The summed E-state index contributed by atoms with van der Waals surface area (Å²) < 4.78 is 5.19. The number of rotatable bonds is 16. The zero-order valence-corrected chi connectivity index (χ0v) is 26.0. The Labute approximate surface area is 254 Å². The monoisotopic (exact) mass is 584 g/mol. The molecular weight excluding hydrogens is 528 g/mol. The van der Waals surface area contributed by atoms with Crippen LogP contribution < -0.4 is 0 Å². The predicted molar refractivity (Wildman–Crippen MR) is 169 cm³/mol. The highest BCUT2D eigenvalue weighted by molar-refractivity contribution is 5.87. The lowest BCUT2D eigenvalue weighted by molar-refractivity contribution is -0.140. The van der Waals surface area contributed by atoms with Gasteiger partial charge in [-0.3, -0.25) is 4.79 Å². The number of carbonyl (C=O) groups is 2. The van der Waals surface area contributed by atoms with E-state index < -0.39 is 12.6 Å². The number of unbranched alkanes of at least 4 members (excludes halogenated alkanes) is 2. The topological polar surface area (TPSA) is 104 Å². The van der Waals surface area contributed by atoms with Crippen molar-refractivity contribution in [1.82, 2.24) is 0 Å². The molecule has 6 heteroatoms. The second-order valence-electron chi connectivity index (χ2n) is 12.5. The first-order valence-corrected chi connectivity index (χ1v) is 16.2. The molecule has 6 nitrogen and oxygen atoms in total. The molecule has 0 heterocycles. The number of esters is 1. The summed E-state index contributed by atoms with van der Waals surface area (Å²) in [5, 5.41) is 26.8. The fourth-order valence-corrected chi connectivity index (χ4v) is 6.42. The van der Waals surface area contributed by atoms with Crippen LogP contribution in [0.2, 0.25) is 0 Å². The summed E-state index contributed by atoms with van der Waals surface area (Å²) in [6, 6.07) is 8.51. The Bertz CT molecular complexity index is 923. The highest BCUT2D eigenvalue weighted by atomic mass is 16.5. The SMILES string of the molecule is C=C(C=O)CO.C=C(CO)C(=O)OCC(CO)c1ccc(C2CCC(CCC3CCC(CCCCC)CC3)CC2)cc1. The fraction of sp³-hybridized carbons (Fsp3) is 0.667. The Hall–Kier alpha value is -2.28. The van der Waals surface area contributed by atoms with Crippen molar-refractivity contribution in [2.75, 3.05) is 26.4 Å². The van der Waals surface area contributed by atoms with Crippen molar-refractivity contribution in [3.8, 4) is 0 Å². The Balaban J connectivity index is 0.000000928. The first-order chi connectivity index (χ1) is 20.3. The van der Waals surface area contributed by atoms with Crippen LogP contribution in [-0.2, 0) is 14.3 Å². The number of benzene rings is 1. The van der Waals surface area contributed by atoms with Crippen LogP contribution in [0.25, 0.3) is 0 Å². The molecule has 2 fully saturated rings. The van der Waals surface area contributed by atoms with Crippen molar-refractivity contribution in [2.24, 2.45) is 17.8 Å². The van der Waals surface area contributed by atoms with E-state index in [0.717, 1.165) is 23.3 Å². The van der Waals surface area contributed by atoms with E-state index in [1.54, 1.807) is 0 Å². The quantitative estimate of drug-likeness (QED) is 0.0834. The summed E-state index contributed by atoms with van der Waals surface area (Å²) in [5.74, 6) is 2.66. The number of aliphatic hydroxyl groups is 3. The Kier molecular flexibility index (Phi) is 17.6. The molecule has 0 amide bonds. The first-order valence-electron chi connectivity index (χ1n) is 16.2. The maximum absolute atomic E-state index is 11.7. The molecule has 3 rings (SSSR count). The highest BCUT2D eigenvalue weighted by Crippen LogP contribution is 2.40. The molecule has 1 unspecified atom stereocenters. The molecule has 0 spiro atoms. The van der Waals surface area contributed by atoms with E-state index in [9.17, 15) is 14.7 Å². The zero-order chi connectivity index (χ0) is 30.7. The number of aliphatic hydroxyl groups excluding tert-OH is 3. The average molecular weight is 585 g/mol. The molecule has 1 aromatic carbocycles. The molecule has 0 aromatic heterocycles. The molecule has 0 bridgehead atoms. The third-order valence-electron chi connectivity index (χ3n) is 9.38. The Morgan fingerprint density at radius 1 is 0.857 bits per heavy atom. The summed E-state index contributed by atoms with van der Waals surface area (Å²) in [6.07, 6.45) is 20.2. The van der Waals surface area contributed by atoms with Gasteiger partial charge in [0.25, 0.3) is 0 Å². The molecule has 2 saturated carbocycles. The standard InChI is InChI=1S/C32H50O4.C4H6O2/c1-3-4-5-6-25-7-9-26(10-8-25)11-12-27-13-15-28(16-14-27)29-17-19-30(20-18-29)31(22-34)23-36-32(35)24(2)21-33;1-4(2-5)3-6/h17-20,25-28,31,33-34H,2-16,21-23H2,1H3;2,6H,1,3H2. The number of hydrogen-bond acceptors (Lipinski definition) is 6. The van der Waals surface area contributed by atoms with E-state index in [1.807, 2.05) is 0 Å². The van der Waals surface area contributed by atoms with Crippen LogP contribution in [0.5, 0.6) is 0 Å². The first kappa shape index (κ1) is 35.9. The largest absolute Gasteiger partial charge is 0.462 e. The van der Waals surface area contributed by atoms with Gasteiger partial charge < -0.3 is 20.1 Å². The van der Waals surface area contributed by atoms with Crippen LogP contribution in [0.4, 0.5) is 0 Å². The highest BCUT2D eigenvalue weighted by Gasteiger charge is 2.25. The lowest BCUT2D eigenvalue weighted by Gasteiger charge is -2.32. The molecular formula is C36H56O6. The van der Waals surface area contributed by atoms with E-state index in [-0.39, 0.29) is 36.9 Å². The van der Waals surface area contributed by atoms with E-state index in [4.69, 9.17) is 14.9 Å². The van der Waals surface area contributed by atoms with Crippen molar-refractivity contribution in [1.29, 1.82) is 0 Å². The van der Waals surface area contributed by atoms with Gasteiger partial charge in [-0.2, -0.15) is 0 Å². The summed E-state index contributed by atoms with van der Waals surface area (Å²) in [7, 11) is 0. The normalized spacial score (nSPS) is 22.8. The van der Waals surface area contributed by atoms with Gasteiger partial charge in [0.1, 0.15) is 12.9 Å². The van der Waals surface area contributed by atoms with E-state index >= 15 is 0 Å². The summed E-state index contributed by atoms with van der Waals surface area (Å²) >= 11 is 0. The van der Waals surface area contributed by atoms with Crippen molar-refractivity contribution in [3.63, 3.8) is 0 Å². The van der Waals surface area contributed by atoms with Gasteiger partial charge >= 0.3 is 5.97 Å². The Morgan fingerprint density at radius 2 is 1.40 bits per heavy atom. The fourth-order valence-electron chi connectivity index (χ4n) is 6.42. The van der Waals surface area contributed by atoms with Crippen molar-refractivity contribution in [2.45, 2.75) is 109 Å². The van der Waals surface area contributed by atoms with Crippen LogP contribution in [0.3, 0.4) is 0 Å². The molecule has 2 aliphatic rings. The smallest absolute Gasteiger partial charge is 0.335 e. The number of ether oxygens (including phenoxy) is 1. The van der Waals surface area contributed by atoms with Gasteiger partial charge in [-0.15, -0.1) is 0 Å². The van der Waals surface area contributed by atoms with E-state index in [0.29, 0.717) is 12.2 Å². The molecule has 3 N–H and O–H groups in total. The van der Waals surface area contributed by atoms with E-state index in [2.05, 4.69) is 44.3 Å². The number of aldehydes is 1. The minimum absolute atomic E-state index is 0.0304. The van der Waals surface area contributed by atoms with E-state index in [1.165, 1.54) is 95.5 Å². The molecule has 1 atom stereocenters. The van der Waals surface area contributed by atoms with Crippen LogP contribution in [0, 0.1) is 17.8 Å². The van der Waals surface area contributed by atoms with Crippen LogP contribution in [-0.4, -0.2) is 54.0 Å². The van der Waals surface area contributed by atoms with Crippen molar-refractivity contribution < 1.29 is 29.6 Å². The van der Waals surface area contributed by atoms with Gasteiger partial charge in [-0.05, 0) is 60.5 Å². The lowest BCUT2D eigenvalue weighted by Crippen LogP contribution is -2.18. The molecule has 0 saturated heterocycles. The third kappa shape index (κ3) is 12.9. The van der Waals surface area contributed by atoms with Gasteiger partial charge in [0.15, 0.2) is 0 Å². The summed E-state index contributed by atoms with van der Waals surface area (Å²) in [6.45, 7) is 8.30. The number of hydrogen-bond donors (Lipinski definition) is 3. The van der Waals surface area contributed by atoms with Gasteiger partial charge in [0.2, 0.25) is 0 Å². The van der Waals surface area contributed by atoms with Crippen molar-refractivity contribution >= 4 is 12.3 Å². The lowest BCUT2D eigenvalue weighted by atomic mass is 9.74. The zero-order valence-electron chi connectivity index (χ0n) is 26.0. The summed E-state index contributed by atoms with van der Waals surface area (Å²) in [4.78, 5) is 21.2. The minimum atomic E-state index is -0.612. The van der Waals surface area contributed by atoms with Crippen LogP contribution in [0.15, 0.2) is 48.6 Å². The Morgan fingerprint density at radius 3 is 1.86 bits per heavy atom. The molecule has 42 heavy (non-hydrogen) atoms. The van der Waals surface area contributed by atoms with Gasteiger partial charge in [0.05, 0.1) is 25.4 Å². The van der Waals surface area contributed by atoms with Crippen LogP contribution in [0.1, 0.15) is 120 Å². The average Bonchev–Trinajstić information content (AvgIpc) is 3.04. The maximum atomic E-state index is 11.7. The molecule has 1 aromatic rings. The summed E-state index contributed by atoms with van der Waals surface area (Å²) in [5.41, 5.74) is 2.61. The third-order valence-corrected chi connectivity index (χ3v) is 9.38. The second kappa shape index (κ2) is 20.6. The van der Waals surface area contributed by atoms with Crippen molar-refractivity contribution in [3.05, 3.63) is 59.7 Å². The maximum Gasteiger partial charge on any atom is 0.335 e. The molecule has 236 valence electrons. The molecule has 0 radical (unpaired) electrons. The predicted octanol–water partition coefficient (Wildman–Crippen LogP) is 7.03. The van der Waals surface area contributed by atoms with Crippen LogP contribution >= 0.6 is 0 Å². The molecule has 0 aliphatic heterocycles. The number of carbonyl (C=O) groups excluding carboxylic acids is 2. The van der Waals surface area contributed by atoms with Gasteiger partial charge in [0, 0.05) is 11.5 Å². The van der Waals surface area contributed by atoms with Gasteiger partial charge in [-0.1, -0.05) is 109 Å². The minimum Gasteiger partial charge on any atom is -0.462 e. The van der Waals surface area contributed by atoms with Gasteiger partial charge in [-0.25, -0.2) is 4.79 Å².